The number of hydrogen-bond acceptors (Lipinski definition) is 6. The molecule has 0 spiro atoms. The normalized spacial score (nSPS) is 26.6. The highest BCUT2D eigenvalue weighted by Crippen LogP contribution is 2.23. The molecule has 1 fully saturated rings. The largest absolute Gasteiger partial charge is 0.367 e. The van der Waals surface area contributed by atoms with Crippen LogP contribution in [0.3, 0.4) is 0 Å². The molecule has 0 saturated carbocycles. The Morgan fingerprint density at radius 1 is 1.50 bits per heavy atom. The highest BCUT2D eigenvalue weighted by molar-refractivity contribution is 5.69. The van der Waals surface area contributed by atoms with Crippen LogP contribution in [0, 0.1) is 0 Å². The number of nitrogens with zero attached hydrogens (tertiary/aromatic N) is 1. The molecule has 6 heteroatoms. The summed E-state index contributed by atoms with van der Waals surface area (Å²) in [6.45, 7) is 1.23. The predicted molar refractivity (Wildman–Crippen MR) is 69.9 cm³/mol. The molecular formula is C14H19NO5. The Labute approximate surface area is 117 Å². The summed E-state index contributed by atoms with van der Waals surface area (Å²) in [6, 6.07) is 9.85. The van der Waals surface area contributed by atoms with E-state index in [1.54, 1.807) is 0 Å². The number of hydroxylamine groups is 2. The van der Waals surface area contributed by atoms with Crippen molar-refractivity contribution in [1.82, 2.24) is 5.06 Å². The van der Waals surface area contributed by atoms with Crippen molar-refractivity contribution in [2.45, 2.75) is 38.4 Å². The Morgan fingerprint density at radius 3 is 2.80 bits per heavy atom. The second kappa shape index (κ2) is 6.32. The van der Waals surface area contributed by atoms with E-state index in [2.05, 4.69) is 0 Å². The Bertz CT molecular complexity index is 448. The van der Waals surface area contributed by atoms with Gasteiger partial charge in [-0.15, -0.1) is 0 Å². The van der Waals surface area contributed by atoms with Crippen molar-refractivity contribution in [2.24, 2.45) is 0 Å². The Morgan fingerprint density at radius 2 is 2.20 bits per heavy atom. The molecular weight excluding hydrogens is 262 g/mol. The zero-order chi connectivity index (χ0) is 14.6. The van der Waals surface area contributed by atoms with Gasteiger partial charge in [0.1, 0.15) is 0 Å². The summed E-state index contributed by atoms with van der Waals surface area (Å²) < 4.78 is 4.80. The molecule has 2 atom stereocenters. The van der Waals surface area contributed by atoms with Gasteiger partial charge in [-0.25, -0.2) is 0 Å². The third kappa shape index (κ3) is 4.01. The second-order valence-corrected chi connectivity index (χ2v) is 4.87. The summed E-state index contributed by atoms with van der Waals surface area (Å²) in [6.07, 6.45) is 0.507. The predicted octanol–water partition coefficient (Wildman–Crippen LogP) is 0.784. The molecule has 20 heavy (non-hydrogen) atoms. The van der Waals surface area contributed by atoms with Crippen LogP contribution in [0.5, 0.6) is 0 Å². The van der Waals surface area contributed by atoms with Crippen LogP contribution in [0.1, 0.15) is 25.3 Å². The van der Waals surface area contributed by atoms with Gasteiger partial charge < -0.3 is 19.8 Å². The first-order valence-electron chi connectivity index (χ1n) is 6.58. The van der Waals surface area contributed by atoms with Crippen molar-refractivity contribution in [3.63, 3.8) is 0 Å². The molecule has 0 radical (unpaired) electrons. The molecule has 1 aliphatic heterocycles. The van der Waals surface area contributed by atoms with E-state index in [0.717, 1.165) is 17.0 Å². The first-order valence-corrected chi connectivity index (χ1v) is 6.58. The van der Waals surface area contributed by atoms with E-state index in [4.69, 9.17) is 9.57 Å². The zero-order valence-corrected chi connectivity index (χ0v) is 11.4. The molecule has 0 aliphatic carbocycles. The van der Waals surface area contributed by atoms with Gasteiger partial charge in [-0.3, -0.25) is 4.79 Å². The van der Waals surface area contributed by atoms with Crippen molar-refractivity contribution in [1.29, 1.82) is 0 Å². The van der Waals surface area contributed by atoms with Gasteiger partial charge in [0.05, 0.1) is 6.54 Å². The van der Waals surface area contributed by atoms with Gasteiger partial charge in [-0.1, -0.05) is 35.4 Å². The van der Waals surface area contributed by atoms with E-state index in [0.29, 0.717) is 6.42 Å². The van der Waals surface area contributed by atoms with Crippen LogP contribution in [0.25, 0.3) is 0 Å². The van der Waals surface area contributed by atoms with Crippen LogP contribution in [-0.4, -0.2) is 40.0 Å². The monoisotopic (exact) mass is 281 g/mol. The molecule has 2 rings (SSSR count). The van der Waals surface area contributed by atoms with E-state index in [1.807, 2.05) is 30.3 Å². The van der Waals surface area contributed by atoms with Crippen molar-refractivity contribution in [3.8, 4) is 0 Å². The van der Waals surface area contributed by atoms with Crippen molar-refractivity contribution < 1.29 is 24.6 Å². The number of hydrogen-bond donors (Lipinski definition) is 2. The minimum atomic E-state index is -1.78. The van der Waals surface area contributed by atoms with Crippen molar-refractivity contribution >= 4 is 5.97 Å². The summed E-state index contributed by atoms with van der Waals surface area (Å²) in [5, 5.41) is 19.9. The molecule has 0 bridgehead atoms. The van der Waals surface area contributed by atoms with Gasteiger partial charge in [0.15, 0.2) is 6.29 Å². The molecule has 1 heterocycles. The number of benzene rings is 1. The minimum absolute atomic E-state index is 0.0720. The van der Waals surface area contributed by atoms with E-state index >= 15 is 0 Å². The van der Waals surface area contributed by atoms with E-state index in [-0.39, 0.29) is 13.0 Å². The van der Waals surface area contributed by atoms with Crippen LogP contribution in [0.4, 0.5) is 0 Å². The number of rotatable bonds is 5. The molecule has 0 aromatic heterocycles. The summed E-state index contributed by atoms with van der Waals surface area (Å²) in [7, 11) is 0. The molecule has 1 aliphatic rings. The van der Waals surface area contributed by atoms with Crippen LogP contribution in [-0.2, 0) is 20.8 Å². The lowest BCUT2D eigenvalue weighted by Gasteiger charge is -2.25. The lowest BCUT2D eigenvalue weighted by Crippen LogP contribution is -2.43. The van der Waals surface area contributed by atoms with Crippen molar-refractivity contribution in [3.05, 3.63) is 35.9 Å². The van der Waals surface area contributed by atoms with E-state index < -0.39 is 18.2 Å². The lowest BCUT2D eigenvalue weighted by atomic mass is 10.1. The number of ether oxygens (including phenoxy) is 1. The fraction of sp³-hybridized carbons (Fsp3) is 0.500. The maximum absolute atomic E-state index is 11.7. The summed E-state index contributed by atoms with van der Waals surface area (Å²) in [5.41, 5.74) is 1.16. The lowest BCUT2D eigenvalue weighted by molar-refractivity contribution is -0.338. The third-order valence-corrected chi connectivity index (χ3v) is 3.05. The van der Waals surface area contributed by atoms with Crippen LogP contribution in [0.2, 0.25) is 0 Å². The molecule has 110 valence electrons. The number of carbonyl (C=O) groups is 1. The second-order valence-electron chi connectivity index (χ2n) is 4.87. The standard InChI is InChI=1S/C14H19NO5/c1-14(18)15(10-13(17)19-14)20-12(16)9-5-8-11-6-3-2-4-7-11/h2-4,6-7,13,17-18H,5,8-10H2,1H3/t13-,14-/m0/s1. The maximum atomic E-state index is 11.7. The molecule has 0 unspecified atom stereocenters. The Hall–Kier alpha value is -1.47. The van der Waals surface area contributed by atoms with Gasteiger partial charge in [0.25, 0.3) is 5.91 Å². The van der Waals surface area contributed by atoms with E-state index in [9.17, 15) is 15.0 Å². The number of aliphatic hydroxyl groups is 2. The molecule has 6 nitrogen and oxygen atoms in total. The molecule has 2 N–H and O–H groups in total. The van der Waals surface area contributed by atoms with Crippen LogP contribution >= 0.6 is 0 Å². The van der Waals surface area contributed by atoms with Gasteiger partial charge in [-0.05, 0) is 18.4 Å². The number of aliphatic hydroxyl groups excluding tert-OH is 1. The van der Waals surface area contributed by atoms with Crippen molar-refractivity contribution in [2.75, 3.05) is 6.54 Å². The first-order chi connectivity index (χ1) is 9.47. The Balaban J connectivity index is 1.73. The smallest absolute Gasteiger partial charge is 0.325 e. The van der Waals surface area contributed by atoms with Crippen LogP contribution in [0.15, 0.2) is 30.3 Å². The quantitative estimate of drug-likeness (QED) is 0.830. The summed E-state index contributed by atoms with van der Waals surface area (Å²) in [4.78, 5) is 16.7. The Kier molecular flexibility index (Phi) is 4.72. The first kappa shape index (κ1) is 14.9. The molecule has 0 amide bonds. The zero-order valence-electron chi connectivity index (χ0n) is 11.4. The van der Waals surface area contributed by atoms with Gasteiger partial charge >= 0.3 is 5.97 Å². The topological polar surface area (TPSA) is 79.2 Å². The maximum Gasteiger partial charge on any atom is 0.325 e. The van der Waals surface area contributed by atoms with Gasteiger partial charge in [-0.2, -0.15) is 0 Å². The number of aryl methyl sites for hydroxylation is 1. The number of carbonyl (C=O) groups excluding carboxylic acids is 1. The fourth-order valence-electron chi connectivity index (χ4n) is 2.04. The van der Waals surface area contributed by atoms with E-state index in [1.165, 1.54) is 6.92 Å². The minimum Gasteiger partial charge on any atom is -0.367 e. The van der Waals surface area contributed by atoms with Crippen LogP contribution < -0.4 is 0 Å². The third-order valence-electron chi connectivity index (χ3n) is 3.05. The average molecular weight is 281 g/mol. The van der Waals surface area contributed by atoms with Gasteiger partial charge in [0, 0.05) is 13.3 Å². The SMILES string of the molecule is C[C@]1(O)O[C@H](O)CN1OC(=O)CCCc1ccccc1. The highest BCUT2D eigenvalue weighted by atomic mass is 16.8. The summed E-state index contributed by atoms with van der Waals surface area (Å²) >= 11 is 0. The fourth-order valence-corrected chi connectivity index (χ4v) is 2.04. The highest BCUT2D eigenvalue weighted by Gasteiger charge is 2.44. The molecule has 1 aromatic rings. The molecule has 1 aromatic carbocycles. The molecule has 1 saturated heterocycles. The number of β-amino-alcohol motifs (C(OH)–C–C–N with tert-alkyl or cyclic N) is 1. The summed E-state index contributed by atoms with van der Waals surface area (Å²) in [5.74, 6) is -2.24. The average Bonchev–Trinajstić information content (AvgIpc) is 2.63. The van der Waals surface area contributed by atoms with Gasteiger partial charge in [0.2, 0.25) is 0 Å².